The van der Waals surface area contributed by atoms with Crippen LogP contribution in [0, 0.1) is 16.7 Å². The van der Waals surface area contributed by atoms with Gasteiger partial charge in [0.1, 0.15) is 5.41 Å². The molecule has 2 fully saturated rings. The molecule has 5 nitrogen and oxygen atoms in total. The molecule has 0 aromatic heterocycles. The second-order valence-corrected chi connectivity index (χ2v) is 6.01. The quantitative estimate of drug-likeness (QED) is 0.803. The molecule has 1 unspecified atom stereocenters. The topological polar surface area (TPSA) is 59.4 Å². The summed E-state index contributed by atoms with van der Waals surface area (Å²) in [5, 5.41) is 12.3. The Labute approximate surface area is 115 Å². The molecule has 5 heteroatoms. The van der Waals surface area contributed by atoms with E-state index in [1.54, 1.807) is 0 Å². The molecule has 19 heavy (non-hydrogen) atoms. The Morgan fingerprint density at radius 1 is 1.37 bits per heavy atom. The zero-order valence-corrected chi connectivity index (χ0v) is 12.0. The first-order chi connectivity index (χ1) is 9.07. The summed E-state index contributed by atoms with van der Waals surface area (Å²) in [6.45, 7) is 3.71. The maximum absolute atomic E-state index is 12.3. The fourth-order valence-electron chi connectivity index (χ4n) is 3.07. The molecule has 0 bridgehead atoms. The molecular formula is C14H24N4O. The van der Waals surface area contributed by atoms with Gasteiger partial charge in [0.15, 0.2) is 0 Å². The largest absolute Gasteiger partial charge is 0.353 e. The average molecular weight is 264 g/mol. The van der Waals surface area contributed by atoms with E-state index in [9.17, 15) is 10.1 Å². The van der Waals surface area contributed by atoms with Gasteiger partial charge in [-0.2, -0.15) is 5.26 Å². The molecule has 2 rings (SSSR count). The molecule has 1 amide bonds. The van der Waals surface area contributed by atoms with E-state index in [1.807, 2.05) is 0 Å². The van der Waals surface area contributed by atoms with E-state index in [4.69, 9.17) is 0 Å². The number of piperazine rings is 1. The Morgan fingerprint density at radius 3 is 2.68 bits per heavy atom. The first-order valence-electron chi connectivity index (χ1n) is 7.16. The molecule has 0 aromatic rings. The molecule has 0 aromatic carbocycles. The predicted molar refractivity (Wildman–Crippen MR) is 73.4 cm³/mol. The first-order valence-corrected chi connectivity index (χ1v) is 7.16. The van der Waals surface area contributed by atoms with E-state index in [1.165, 1.54) is 0 Å². The summed E-state index contributed by atoms with van der Waals surface area (Å²) in [5.74, 6) is -0.0610. The van der Waals surface area contributed by atoms with Gasteiger partial charge in [0.05, 0.1) is 6.07 Å². The average Bonchev–Trinajstić information content (AvgIpc) is 2.89. The number of nitrogens with zero attached hydrogens (tertiary/aromatic N) is 3. The van der Waals surface area contributed by atoms with Crippen molar-refractivity contribution in [2.24, 2.45) is 5.41 Å². The van der Waals surface area contributed by atoms with Crippen LogP contribution in [0.1, 0.15) is 25.7 Å². The summed E-state index contributed by atoms with van der Waals surface area (Å²) in [4.78, 5) is 16.8. The number of carbonyl (C=O) groups is 1. The Balaban J connectivity index is 1.88. The van der Waals surface area contributed by atoms with Gasteiger partial charge in [0, 0.05) is 32.2 Å². The number of carbonyl (C=O) groups excluding carboxylic acids is 1. The van der Waals surface area contributed by atoms with Crippen molar-refractivity contribution in [2.45, 2.75) is 31.7 Å². The minimum Gasteiger partial charge on any atom is -0.353 e. The standard InChI is InChI=1S/C14H24N4O/c1-17-7-8-18(2)12(10-17)9-16-13(19)14(11-15)5-3-4-6-14/h12H,3-10H2,1-2H3,(H,16,19). The molecule has 0 spiro atoms. The molecule has 1 aliphatic heterocycles. The summed E-state index contributed by atoms with van der Waals surface area (Å²) >= 11 is 0. The molecule has 106 valence electrons. The van der Waals surface area contributed by atoms with Gasteiger partial charge < -0.3 is 10.2 Å². The highest BCUT2D eigenvalue weighted by Crippen LogP contribution is 2.37. The maximum Gasteiger partial charge on any atom is 0.240 e. The van der Waals surface area contributed by atoms with E-state index >= 15 is 0 Å². The summed E-state index contributed by atoms with van der Waals surface area (Å²) in [5.41, 5.74) is -0.751. The highest BCUT2D eigenvalue weighted by atomic mass is 16.2. The van der Waals surface area contributed by atoms with Crippen molar-refractivity contribution in [3.8, 4) is 6.07 Å². The van der Waals surface area contributed by atoms with Crippen LogP contribution in [-0.4, -0.2) is 62.0 Å². The fourth-order valence-corrected chi connectivity index (χ4v) is 3.07. The van der Waals surface area contributed by atoms with Crippen LogP contribution in [0.4, 0.5) is 0 Å². The molecule has 1 saturated heterocycles. The number of nitrogens with one attached hydrogen (secondary N) is 1. The minimum atomic E-state index is -0.751. The smallest absolute Gasteiger partial charge is 0.240 e. The van der Waals surface area contributed by atoms with Crippen LogP contribution < -0.4 is 5.32 Å². The number of likely N-dealkylation sites (N-methyl/N-ethyl adjacent to an activating group) is 2. The van der Waals surface area contributed by atoms with Crippen molar-refractivity contribution >= 4 is 5.91 Å². The number of hydrogen-bond acceptors (Lipinski definition) is 4. The molecule has 1 heterocycles. The second-order valence-electron chi connectivity index (χ2n) is 6.01. The number of amides is 1. The van der Waals surface area contributed by atoms with Crippen molar-refractivity contribution in [1.82, 2.24) is 15.1 Å². The molecule has 0 radical (unpaired) electrons. The number of hydrogen-bond donors (Lipinski definition) is 1. The molecule has 1 atom stereocenters. The van der Waals surface area contributed by atoms with Gasteiger partial charge in [-0.1, -0.05) is 12.8 Å². The van der Waals surface area contributed by atoms with Crippen LogP contribution in [0.5, 0.6) is 0 Å². The zero-order valence-electron chi connectivity index (χ0n) is 12.0. The molecular weight excluding hydrogens is 240 g/mol. The van der Waals surface area contributed by atoms with Crippen molar-refractivity contribution in [2.75, 3.05) is 40.3 Å². The second kappa shape index (κ2) is 5.89. The highest BCUT2D eigenvalue weighted by molar-refractivity contribution is 5.85. The third-order valence-electron chi connectivity index (χ3n) is 4.58. The van der Waals surface area contributed by atoms with Crippen molar-refractivity contribution in [1.29, 1.82) is 5.26 Å². The summed E-state index contributed by atoms with van der Waals surface area (Å²) in [7, 11) is 4.20. The van der Waals surface area contributed by atoms with Gasteiger partial charge in [-0.25, -0.2) is 0 Å². The van der Waals surface area contributed by atoms with Crippen LogP contribution in [0.15, 0.2) is 0 Å². The first kappa shape index (κ1) is 14.3. The van der Waals surface area contributed by atoms with Gasteiger partial charge in [-0.15, -0.1) is 0 Å². The van der Waals surface area contributed by atoms with Crippen LogP contribution in [0.2, 0.25) is 0 Å². The Bertz CT molecular complexity index is 370. The van der Waals surface area contributed by atoms with E-state index in [-0.39, 0.29) is 5.91 Å². The summed E-state index contributed by atoms with van der Waals surface area (Å²) in [6.07, 6.45) is 3.42. The Morgan fingerprint density at radius 2 is 2.05 bits per heavy atom. The van der Waals surface area contributed by atoms with Gasteiger partial charge >= 0.3 is 0 Å². The third-order valence-corrected chi connectivity index (χ3v) is 4.58. The van der Waals surface area contributed by atoms with Crippen LogP contribution in [0.3, 0.4) is 0 Å². The fraction of sp³-hybridized carbons (Fsp3) is 0.857. The molecule has 1 aliphatic carbocycles. The van der Waals surface area contributed by atoms with Crippen LogP contribution >= 0.6 is 0 Å². The summed E-state index contributed by atoms with van der Waals surface area (Å²) in [6, 6.07) is 2.60. The summed E-state index contributed by atoms with van der Waals surface area (Å²) < 4.78 is 0. The Kier molecular flexibility index (Phi) is 4.43. The van der Waals surface area contributed by atoms with Crippen LogP contribution in [0.25, 0.3) is 0 Å². The lowest BCUT2D eigenvalue weighted by Gasteiger charge is -2.38. The normalized spacial score (nSPS) is 27.9. The lowest BCUT2D eigenvalue weighted by Crippen LogP contribution is -2.55. The molecule has 1 N–H and O–H groups in total. The maximum atomic E-state index is 12.3. The lowest BCUT2D eigenvalue weighted by molar-refractivity contribution is -0.128. The van der Waals surface area contributed by atoms with Crippen molar-refractivity contribution in [3.05, 3.63) is 0 Å². The predicted octanol–water partition coefficient (Wildman–Crippen LogP) is 0.432. The van der Waals surface area contributed by atoms with E-state index in [0.717, 1.165) is 45.3 Å². The zero-order chi connectivity index (χ0) is 13.9. The van der Waals surface area contributed by atoms with Gasteiger partial charge in [0.25, 0.3) is 0 Å². The lowest BCUT2D eigenvalue weighted by atomic mass is 9.87. The van der Waals surface area contributed by atoms with E-state index in [0.29, 0.717) is 12.6 Å². The Hall–Kier alpha value is -1.12. The van der Waals surface area contributed by atoms with E-state index in [2.05, 4.69) is 35.3 Å². The molecule has 1 saturated carbocycles. The van der Waals surface area contributed by atoms with Crippen LogP contribution in [-0.2, 0) is 4.79 Å². The SMILES string of the molecule is CN1CCN(C)C(CNC(=O)C2(C#N)CCCC2)C1. The van der Waals surface area contributed by atoms with Crippen molar-refractivity contribution < 1.29 is 4.79 Å². The molecule has 2 aliphatic rings. The monoisotopic (exact) mass is 264 g/mol. The van der Waals surface area contributed by atoms with Gasteiger partial charge in [0.2, 0.25) is 5.91 Å². The minimum absolute atomic E-state index is 0.0610. The van der Waals surface area contributed by atoms with Gasteiger partial charge in [-0.3, -0.25) is 9.69 Å². The number of nitriles is 1. The number of rotatable bonds is 3. The van der Waals surface area contributed by atoms with E-state index < -0.39 is 5.41 Å². The highest BCUT2D eigenvalue weighted by Gasteiger charge is 2.41. The third kappa shape index (κ3) is 3.07. The van der Waals surface area contributed by atoms with Gasteiger partial charge in [-0.05, 0) is 26.9 Å². The van der Waals surface area contributed by atoms with Crippen molar-refractivity contribution in [3.63, 3.8) is 0 Å².